The van der Waals surface area contributed by atoms with Crippen LogP contribution in [0.3, 0.4) is 0 Å². The van der Waals surface area contributed by atoms with Crippen molar-refractivity contribution in [1.82, 2.24) is 9.80 Å². The molecule has 120 valence electrons. The Bertz CT molecular complexity index is 256. The van der Waals surface area contributed by atoms with E-state index in [1.54, 1.807) is 0 Å². The molecule has 0 aromatic heterocycles. The van der Waals surface area contributed by atoms with Gasteiger partial charge in [-0.05, 0) is 19.4 Å². The molecule has 2 N–H and O–H groups in total. The van der Waals surface area contributed by atoms with Gasteiger partial charge in [0.25, 0.3) is 0 Å². The molecule has 0 radical (unpaired) electrons. The van der Waals surface area contributed by atoms with Gasteiger partial charge in [-0.25, -0.2) is 0 Å². The second-order valence-corrected chi connectivity index (χ2v) is 5.18. The van der Waals surface area contributed by atoms with Crippen molar-refractivity contribution >= 4 is 0 Å². The van der Waals surface area contributed by atoms with Crippen molar-refractivity contribution in [1.29, 1.82) is 0 Å². The second-order valence-electron chi connectivity index (χ2n) is 5.18. The van der Waals surface area contributed by atoms with Crippen LogP contribution in [-0.4, -0.2) is 74.5 Å². The second kappa shape index (κ2) is 8.81. The van der Waals surface area contributed by atoms with Gasteiger partial charge in [-0.1, -0.05) is 6.92 Å². The average molecular weight is 297 g/mol. The monoisotopic (exact) mass is 297 g/mol. The van der Waals surface area contributed by atoms with Crippen molar-refractivity contribution in [3.63, 3.8) is 0 Å². The Morgan fingerprint density at radius 1 is 1.20 bits per heavy atom. The van der Waals surface area contributed by atoms with Gasteiger partial charge in [-0.2, -0.15) is 13.2 Å². The van der Waals surface area contributed by atoms with E-state index in [2.05, 4.69) is 21.5 Å². The molecule has 1 aliphatic heterocycles. The van der Waals surface area contributed by atoms with Crippen LogP contribution < -0.4 is 5.73 Å². The van der Waals surface area contributed by atoms with E-state index in [0.717, 1.165) is 39.0 Å². The fourth-order valence-corrected chi connectivity index (χ4v) is 2.57. The van der Waals surface area contributed by atoms with E-state index in [1.807, 2.05) is 0 Å². The van der Waals surface area contributed by atoms with Gasteiger partial charge in [0.1, 0.15) is 6.61 Å². The third kappa shape index (κ3) is 6.88. The number of piperazine rings is 1. The highest BCUT2D eigenvalue weighted by molar-refractivity contribution is 4.78. The minimum absolute atomic E-state index is 0.138. The summed E-state index contributed by atoms with van der Waals surface area (Å²) in [5.74, 6) is 0. The third-order valence-electron chi connectivity index (χ3n) is 3.71. The summed E-state index contributed by atoms with van der Waals surface area (Å²) in [5.41, 5.74) is 5.61. The van der Waals surface area contributed by atoms with E-state index >= 15 is 0 Å². The predicted octanol–water partition coefficient (Wildman–Crippen LogP) is 1.31. The van der Waals surface area contributed by atoms with Gasteiger partial charge < -0.3 is 10.5 Å². The fraction of sp³-hybridized carbons (Fsp3) is 1.00. The maximum Gasteiger partial charge on any atom is 0.411 e. The Kier molecular flexibility index (Phi) is 7.79. The summed E-state index contributed by atoms with van der Waals surface area (Å²) in [7, 11) is 0. The Morgan fingerprint density at radius 2 is 1.85 bits per heavy atom. The number of rotatable bonds is 8. The Hall–Kier alpha value is -0.370. The zero-order valence-electron chi connectivity index (χ0n) is 12.2. The number of nitrogens with two attached hydrogens (primary N) is 1. The quantitative estimate of drug-likeness (QED) is 0.686. The lowest BCUT2D eigenvalue weighted by Crippen LogP contribution is -2.51. The first-order valence-corrected chi connectivity index (χ1v) is 7.27. The molecule has 0 aliphatic carbocycles. The highest BCUT2D eigenvalue weighted by atomic mass is 19.4. The molecule has 1 atom stereocenters. The first kappa shape index (κ1) is 17.7. The van der Waals surface area contributed by atoms with Gasteiger partial charge in [0.05, 0.1) is 6.61 Å². The molecule has 1 heterocycles. The van der Waals surface area contributed by atoms with Gasteiger partial charge in [0.15, 0.2) is 0 Å². The van der Waals surface area contributed by atoms with Crippen LogP contribution in [0.2, 0.25) is 0 Å². The van der Waals surface area contributed by atoms with Crippen LogP contribution in [0, 0.1) is 0 Å². The summed E-state index contributed by atoms with van der Waals surface area (Å²) in [6.07, 6.45) is -2.13. The molecular weight excluding hydrogens is 271 g/mol. The molecule has 0 spiro atoms. The van der Waals surface area contributed by atoms with E-state index in [4.69, 9.17) is 5.73 Å². The number of hydrogen-bond acceptors (Lipinski definition) is 4. The first-order chi connectivity index (χ1) is 9.46. The average Bonchev–Trinajstić information content (AvgIpc) is 2.41. The number of halogens is 3. The summed E-state index contributed by atoms with van der Waals surface area (Å²) in [5, 5.41) is 0. The Labute approximate surface area is 119 Å². The largest absolute Gasteiger partial charge is 0.411 e. The van der Waals surface area contributed by atoms with Gasteiger partial charge in [0, 0.05) is 38.8 Å². The number of hydrogen-bond donors (Lipinski definition) is 1. The van der Waals surface area contributed by atoms with Crippen molar-refractivity contribution in [2.45, 2.75) is 32.0 Å². The zero-order chi connectivity index (χ0) is 15.0. The first-order valence-electron chi connectivity index (χ1n) is 7.27. The highest BCUT2D eigenvalue weighted by Crippen LogP contribution is 2.15. The smallest absolute Gasteiger partial charge is 0.371 e. The van der Waals surface area contributed by atoms with Gasteiger partial charge in [-0.3, -0.25) is 9.80 Å². The zero-order valence-corrected chi connectivity index (χ0v) is 12.2. The summed E-state index contributed by atoms with van der Waals surface area (Å²) >= 11 is 0. The summed E-state index contributed by atoms with van der Waals surface area (Å²) in [4.78, 5) is 4.59. The van der Waals surface area contributed by atoms with Crippen LogP contribution in [0.5, 0.6) is 0 Å². The molecule has 1 fully saturated rings. The predicted molar refractivity (Wildman–Crippen MR) is 72.6 cm³/mol. The molecule has 0 aromatic carbocycles. The SMILES string of the molecule is CCC(CCN)N1CCN(CCOCC(F)(F)F)CC1. The summed E-state index contributed by atoms with van der Waals surface area (Å²) in [6.45, 7) is 6.10. The van der Waals surface area contributed by atoms with E-state index in [-0.39, 0.29) is 6.61 Å². The number of ether oxygens (including phenoxy) is 1. The normalized spacial score (nSPS) is 20.2. The minimum atomic E-state index is -4.23. The topological polar surface area (TPSA) is 41.7 Å². The van der Waals surface area contributed by atoms with E-state index in [9.17, 15) is 13.2 Å². The van der Waals surface area contributed by atoms with Gasteiger partial charge in [0.2, 0.25) is 0 Å². The van der Waals surface area contributed by atoms with E-state index < -0.39 is 12.8 Å². The van der Waals surface area contributed by atoms with Crippen LogP contribution in [-0.2, 0) is 4.74 Å². The molecule has 1 aliphatic rings. The van der Waals surface area contributed by atoms with Crippen molar-refractivity contribution in [2.24, 2.45) is 5.73 Å². The molecule has 0 aromatic rings. The van der Waals surface area contributed by atoms with Gasteiger partial charge in [-0.15, -0.1) is 0 Å². The van der Waals surface area contributed by atoms with Crippen LogP contribution in [0.25, 0.3) is 0 Å². The molecule has 0 bridgehead atoms. The lowest BCUT2D eigenvalue weighted by Gasteiger charge is -2.39. The molecular formula is C13H26F3N3O. The molecule has 7 heteroatoms. The molecule has 0 saturated carbocycles. The molecule has 1 saturated heterocycles. The van der Waals surface area contributed by atoms with Crippen LogP contribution >= 0.6 is 0 Å². The maximum atomic E-state index is 11.9. The number of nitrogens with zero attached hydrogens (tertiary/aromatic N) is 2. The van der Waals surface area contributed by atoms with Gasteiger partial charge >= 0.3 is 6.18 Å². The van der Waals surface area contributed by atoms with Crippen LogP contribution in [0.15, 0.2) is 0 Å². The maximum absolute atomic E-state index is 11.9. The standard InChI is InChI=1S/C13H26F3N3O/c1-2-12(3-4-17)19-7-5-18(6-8-19)9-10-20-11-13(14,15)16/h12H,2-11,17H2,1H3. The summed E-state index contributed by atoms with van der Waals surface area (Å²) in [6, 6.07) is 0.531. The Morgan fingerprint density at radius 3 is 2.35 bits per heavy atom. The van der Waals surface area contributed by atoms with Crippen molar-refractivity contribution in [3.05, 3.63) is 0 Å². The van der Waals surface area contributed by atoms with E-state index in [0.29, 0.717) is 19.1 Å². The van der Waals surface area contributed by atoms with E-state index in [1.165, 1.54) is 0 Å². The summed E-state index contributed by atoms with van der Waals surface area (Å²) < 4.78 is 40.4. The minimum Gasteiger partial charge on any atom is -0.371 e. The van der Waals surface area contributed by atoms with Crippen molar-refractivity contribution < 1.29 is 17.9 Å². The van der Waals surface area contributed by atoms with Crippen LogP contribution in [0.4, 0.5) is 13.2 Å². The lowest BCUT2D eigenvalue weighted by molar-refractivity contribution is -0.174. The van der Waals surface area contributed by atoms with Crippen LogP contribution in [0.1, 0.15) is 19.8 Å². The molecule has 4 nitrogen and oxygen atoms in total. The van der Waals surface area contributed by atoms with Crippen molar-refractivity contribution in [3.8, 4) is 0 Å². The molecule has 1 unspecified atom stereocenters. The fourth-order valence-electron chi connectivity index (χ4n) is 2.57. The molecule has 1 rings (SSSR count). The Balaban J connectivity index is 2.15. The molecule has 20 heavy (non-hydrogen) atoms. The lowest BCUT2D eigenvalue weighted by atomic mass is 10.1. The highest BCUT2D eigenvalue weighted by Gasteiger charge is 2.27. The molecule has 0 amide bonds. The third-order valence-corrected chi connectivity index (χ3v) is 3.71. The van der Waals surface area contributed by atoms with Crippen molar-refractivity contribution in [2.75, 3.05) is 52.5 Å². The number of alkyl halides is 3.